The first-order valence-corrected chi connectivity index (χ1v) is 9.27. The number of esters is 1. The molecule has 3 rings (SSSR count). The van der Waals surface area contributed by atoms with Crippen LogP contribution in [0.5, 0.6) is 5.75 Å². The Kier molecular flexibility index (Phi) is 6.31. The summed E-state index contributed by atoms with van der Waals surface area (Å²) < 4.78 is 4.52. The van der Waals surface area contributed by atoms with Gasteiger partial charge in [0.25, 0.3) is 11.6 Å². The third kappa shape index (κ3) is 4.75. The van der Waals surface area contributed by atoms with Crippen LogP contribution >= 0.6 is 0 Å². The predicted molar refractivity (Wildman–Crippen MR) is 110 cm³/mol. The predicted octanol–water partition coefficient (Wildman–Crippen LogP) is 2.45. The standard InChI is InChI=1S/C21H21N3O6/c1-30-20(26)8-6-15-5-7-18(19(13-15)24(28)29)22-9-11-23(12-10-22)21(27)16-3-2-4-17(25)14-16/h2-8,13-14,25H,9-12H2,1H3/b8-6+. The molecule has 0 saturated carbocycles. The van der Waals surface area contributed by atoms with E-state index in [-0.39, 0.29) is 17.3 Å². The van der Waals surface area contributed by atoms with Crippen molar-refractivity contribution >= 4 is 29.3 Å². The Morgan fingerprint density at radius 2 is 1.87 bits per heavy atom. The molecule has 0 radical (unpaired) electrons. The molecule has 1 N–H and O–H groups in total. The van der Waals surface area contributed by atoms with Crippen LogP contribution in [0, 0.1) is 10.1 Å². The van der Waals surface area contributed by atoms with Crippen LogP contribution in [-0.2, 0) is 9.53 Å². The smallest absolute Gasteiger partial charge is 0.330 e. The first kappa shape index (κ1) is 20.8. The number of ether oxygens (including phenoxy) is 1. The lowest BCUT2D eigenvalue weighted by Crippen LogP contribution is -2.49. The minimum atomic E-state index is -0.547. The van der Waals surface area contributed by atoms with Crippen LogP contribution in [-0.4, -0.2) is 60.1 Å². The van der Waals surface area contributed by atoms with Crippen LogP contribution in [0.25, 0.3) is 6.08 Å². The van der Waals surface area contributed by atoms with Crippen molar-refractivity contribution in [3.8, 4) is 5.75 Å². The molecule has 9 nitrogen and oxygen atoms in total. The number of piperazine rings is 1. The molecule has 0 bridgehead atoms. The summed E-state index contributed by atoms with van der Waals surface area (Å²) in [4.78, 5) is 38.5. The van der Waals surface area contributed by atoms with Crippen LogP contribution < -0.4 is 4.90 Å². The number of nitro groups is 1. The molecule has 1 aliphatic heterocycles. The van der Waals surface area contributed by atoms with E-state index in [4.69, 9.17) is 0 Å². The van der Waals surface area contributed by atoms with Crippen LogP contribution in [0.15, 0.2) is 48.5 Å². The number of rotatable bonds is 5. The molecule has 2 aromatic rings. The SMILES string of the molecule is COC(=O)/C=C/c1ccc(N2CCN(C(=O)c3cccc(O)c3)CC2)c([N+](=O)[O-])c1. The molecule has 1 saturated heterocycles. The molecule has 0 aliphatic carbocycles. The highest BCUT2D eigenvalue weighted by Gasteiger charge is 2.26. The Bertz CT molecular complexity index is 996. The van der Waals surface area contributed by atoms with Gasteiger partial charge in [-0.3, -0.25) is 14.9 Å². The number of phenolic OH excluding ortho intramolecular Hbond substituents is 1. The molecular weight excluding hydrogens is 390 g/mol. The van der Waals surface area contributed by atoms with Crippen molar-refractivity contribution in [1.29, 1.82) is 0 Å². The number of aromatic hydroxyl groups is 1. The lowest BCUT2D eigenvalue weighted by Gasteiger charge is -2.35. The fourth-order valence-corrected chi connectivity index (χ4v) is 3.26. The minimum absolute atomic E-state index is 0.0245. The molecule has 0 spiro atoms. The monoisotopic (exact) mass is 411 g/mol. The van der Waals surface area contributed by atoms with Gasteiger partial charge in [-0.15, -0.1) is 0 Å². The van der Waals surface area contributed by atoms with Gasteiger partial charge in [-0.25, -0.2) is 4.79 Å². The first-order chi connectivity index (χ1) is 14.4. The number of hydrogen-bond donors (Lipinski definition) is 1. The van der Waals surface area contributed by atoms with Crippen molar-refractivity contribution < 1.29 is 24.4 Å². The van der Waals surface area contributed by atoms with Crippen molar-refractivity contribution in [2.24, 2.45) is 0 Å². The van der Waals surface area contributed by atoms with Gasteiger partial charge in [-0.05, 0) is 35.9 Å². The summed E-state index contributed by atoms with van der Waals surface area (Å²) in [7, 11) is 1.25. The van der Waals surface area contributed by atoms with Crippen molar-refractivity contribution in [3.05, 3.63) is 69.8 Å². The van der Waals surface area contributed by atoms with Crippen LogP contribution in [0.2, 0.25) is 0 Å². The summed E-state index contributed by atoms with van der Waals surface area (Å²) in [6, 6.07) is 10.9. The third-order valence-corrected chi connectivity index (χ3v) is 4.81. The van der Waals surface area contributed by atoms with Crippen molar-refractivity contribution in [2.75, 3.05) is 38.2 Å². The van der Waals surface area contributed by atoms with Crippen LogP contribution in [0.3, 0.4) is 0 Å². The van der Waals surface area contributed by atoms with Gasteiger partial charge in [-0.1, -0.05) is 12.1 Å². The number of nitro benzene ring substituents is 1. The second-order valence-corrected chi connectivity index (χ2v) is 6.69. The number of carbonyl (C=O) groups is 2. The summed E-state index contributed by atoms with van der Waals surface area (Å²) in [6.45, 7) is 1.66. The molecule has 9 heteroatoms. The molecule has 1 aliphatic rings. The number of hydrogen-bond acceptors (Lipinski definition) is 7. The van der Waals surface area contributed by atoms with Gasteiger partial charge in [0, 0.05) is 43.9 Å². The molecule has 1 fully saturated rings. The quantitative estimate of drug-likeness (QED) is 0.348. The number of phenols is 1. The zero-order chi connectivity index (χ0) is 21.7. The molecule has 156 valence electrons. The maximum Gasteiger partial charge on any atom is 0.330 e. The first-order valence-electron chi connectivity index (χ1n) is 9.27. The van der Waals surface area contributed by atoms with Gasteiger partial charge in [0.2, 0.25) is 0 Å². The largest absolute Gasteiger partial charge is 0.508 e. The van der Waals surface area contributed by atoms with E-state index in [2.05, 4.69) is 4.74 Å². The van der Waals surface area contributed by atoms with E-state index in [1.165, 1.54) is 37.5 Å². The van der Waals surface area contributed by atoms with Crippen molar-refractivity contribution in [3.63, 3.8) is 0 Å². The summed E-state index contributed by atoms with van der Waals surface area (Å²) in [5.74, 6) is -0.714. The minimum Gasteiger partial charge on any atom is -0.508 e. The number of methoxy groups -OCH3 is 1. The number of anilines is 1. The van der Waals surface area contributed by atoms with Crippen LogP contribution in [0.4, 0.5) is 11.4 Å². The summed E-state index contributed by atoms with van der Waals surface area (Å²) in [5, 5.41) is 21.1. The highest BCUT2D eigenvalue weighted by molar-refractivity contribution is 5.94. The Morgan fingerprint density at radius 1 is 1.13 bits per heavy atom. The van der Waals surface area contributed by atoms with E-state index in [0.717, 1.165) is 0 Å². The highest BCUT2D eigenvalue weighted by Crippen LogP contribution is 2.30. The van der Waals surface area contributed by atoms with Gasteiger partial charge in [0.15, 0.2) is 0 Å². The maximum atomic E-state index is 12.6. The molecule has 0 unspecified atom stereocenters. The number of amides is 1. The van der Waals surface area contributed by atoms with E-state index in [1.54, 1.807) is 29.2 Å². The van der Waals surface area contributed by atoms with Gasteiger partial charge >= 0.3 is 5.97 Å². The molecule has 1 amide bonds. The van der Waals surface area contributed by atoms with E-state index >= 15 is 0 Å². The fourth-order valence-electron chi connectivity index (χ4n) is 3.26. The summed E-state index contributed by atoms with van der Waals surface area (Å²) in [5.41, 5.74) is 1.29. The second-order valence-electron chi connectivity index (χ2n) is 6.69. The summed E-state index contributed by atoms with van der Waals surface area (Å²) in [6.07, 6.45) is 2.65. The lowest BCUT2D eigenvalue weighted by molar-refractivity contribution is -0.384. The van der Waals surface area contributed by atoms with Gasteiger partial charge in [0.05, 0.1) is 12.0 Å². The molecule has 0 atom stereocenters. The highest BCUT2D eigenvalue weighted by atomic mass is 16.6. The molecule has 30 heavy (non-hydrogen) atoms. The van der Waals surface area contributed by atoms with Gasteiger partial charge < -0.3 is 19.6 Å². The normalized spacial score (nSPS) is 14.0. The van der Waals surface area contributed by atoms with Gasteiger partial charge in [0.1, 0.15) is 11.4 Å². The molecule has 0 aromatic heterocycles. The topological polar surface area (TPSA) is 113 Å². The Morgan fingerprint density at radius 3 is 2.50 bits per heavy atom. The Hall–Kier alpha value is -3.88. The zero-order valence-corrected chi connectivity index (χ0v) is 16.4. The second kappa shape index (κ2) is 9.08. The fraction of sp³-hybridized carbons (Fsp3) is 0.238. The number of carbonyl (C=O) groups excluding carboxylic acids is 2. The van der Waals surface area contributed by atoms with Gasteiger partial charge in [-0.2, -0.15) is 0 Å². The van der Waals surface area contributed by atoms with Crippen molar-refractivity contribution in [1.82, 2.24) is 4.90 Å². The average molecular weight is 411 g/mol. The number of benzene rings is 2. The Labute approximate surface area is 172 Å². The molecule has 2 aromatic carbocycles. The van der Waals surface area contributed by atoms with Crippen LogP contribution in [0.1, 0.15) is 15.9 Å². The van der Waals surface area contributed by atoms with E-state index < -0.39 is 10.9 Å². The average Bonchev–Trinajstić information content (AvgIpc) is 2.76. The maximum absolute atomic E-state index is 12.6. The molecular formula is C21H21N3O6. The molecule has 1 heterocycles. The van der Waals surface area contributed by atoms with E-state index in [0.29, 0.717) is 43.0 Å². The lowest BCUT2D eigenvalue weighted by atomic mass is 10.1. The Balaban J connectivity index is 1.73. The summed E-state index contributed by atoms with van der Waals surface area (Å²) >= 11 is 0. The third-order valence-electron chi connectivity index (χ3n) is 4.81. The van der Waals surface area contributed by atoms with E-state index in [1.807, 2.05) is 4.90 Å². The number of nitrogens with zero attached hydrogens (tertiary/aromatic N) is 3. The van der Waals surface area contributed by atoms with E-state index in [9.17, 15) is 24.8 Å². The van der Waals surface area contributed by atoms with Crippen molar-refractivity contribution in [2.45, 2.75) is 0 Å². The zero-order valence-electron chi connectivity index (χ0n) is 16.4.